The van der Waals surface area contributed by atoms with Crippen molar-refractivity contribution in [1.29, 1.82) is 0 Å². The van der Waals surface area contributed by atoms with E-state index in [-0.39, 0.29) is 30.0 Å². The fourth-order valence-electron chi connectivity index (χ4n) is 3.85. The van der Waals surface area contributed by atoms with Gasteiger partial charge < -0.3 is 10.2 Å². The van der Waals surface area contributed by atoms with Gasteiger partial charge in [0.05, 0.1) is 16.9 Å². The highest BCUT2D eigenvalue weighted by atomic mass is 19.4. The predicted molar refractivity (Wildman–Crippen MR) is 138 cm³/mol. The van der Waals surface area contributed by atoms with Crippen molar-refractivity contribution in [1.82, 2.24) is 14.7 Å². The number of halogens is 3. The van der Waals surface area contributed by atoms with E-state index in [0.717, 1.165) is 29.1 Å². The third-order valence-electron chi connectivity index (χ3n) is 5.73. The summed E-state index contributed by atoms with van der Waals surface area (Å²) in [6.07, 6.45) is -4.57. The lowest BCUT2D eigenvalue weighted by Crippen LogP contribution is -2.40. The van der Waals surface area contributed by atoms with Crippen molar-refractivity contribution in [3.8, 4) is 5.69 Å². The zero-order valence-corrected chi connectivity index (χ0v) is 22.0. The molecule has 0 aliphatic carbocycles. The Morgan fingerprint density at radius 1 is 1.03 bits per heavy atom. The first kappa shape index (κ1) is 28.0. The van der Waals surface area contributed by atoms with E-state index in [1.54, 1.807) is 10.7 Å². The molecular weight excluding hydrogens is 481 g/mol. The average molecular weight is 515 g/mol. The highest BCUT2D eigenvalue weighted by molar-refractivity contribution is 5.99. The largest absolute Gasteiger partial charge is 0.416 e. The maximum absolute atomic E-state index is 13.2. The van der Waals surface area contributed by atoms with Crippen LogP contribution in [0.3, 0.4) is 0 Å². The molecule has 198 valence electrons. The second-order valence-electron chi connectivity index (χ2n) is 10.6. The minimum Gasteiger partial charge on any atom is -0.329 e. The van der Waals surface area contributed by atoms with E-state index in [4.69, 9.17) is 5.10 Å². The average Bonchev–Trinajstić information content (AvgIpc) is 3.21. The monoisotopic (exact) mass is 514 g/mol. The third kappa shape index (κ3) is 6.99. The zero-order valence-electron chi connectivity index (χ0n) is 22.0. The molecule has 0 atom stereocenters. The molecule has 2 amide bonds. The summed E-state index contributed by atoms with van der Waals surface area (Å²) in [4.78, 5) is 27.6. The van der Waals surface area contributed by atoms with E-state index < -0.39 is 23.6 Å². The molecule has 0 radical (unpaired) electrons. The van der Waals surface area contributed by atoms with Gasteiger partial charge in [0.15, 0.2) is 0 Å². The van der Waals surface area contributed by atoms with Gasteiger partial charge in [-0.1, -0.05) is 58.9 Å². The van der Waals surface area contributed by atoms with Gasteiger partial charge in [0.25, 0.3) is 5.91 Å². The molecule has 0 fully saturated rings. The number of hydrogen-bond acceptors (Lipinski definition) is 3. The summed E-state index contributed by atoms with van der Waals surface area (Å²) in [5, 5.41) is 7.59. The van der Waals surface area contributed by atoms with Gasteiger partial charge in [0.2, 0.25) is 5.91 Å². The fraction of sp³-hybridized carbons (Fsp3) is 0.393. The number of nitrogens with one attached hydrogen (secondary N) is 1. The maximum atomic E-state index is 13.2. The molecule has 0 unspecified atom stereocenters. The Balaban J connectivity index is 1.90. The van der Waals surface area contributed by atoms with E-state index in [1.807, 2.05) is 65.8 Å². The summed E-state index contributed by atoms with van der Waals surface area (Å²) in [5.74, 6) is -0.679. The van der Waals surface area contributed by atoms with Crippen LogP contribution in [0.1, 0.15) is 61.8 Å². The van der Waals surface area contributed by atoms with Gasteiger partial charge in [-0.05, 0) is 42.7 Å². The lowest BCUT2D eigenvalue weighted by Gasteiger charge is -2.24. The van der Waals surface area contributed by atoms with Crippen LogP contribution in [0.25, 0.3) is 5.69 Å². The lowest BCUT2D eigenvalue weighted by atomic mass is 9.92. The SMILES string of the molecule is Cc1ccccc1-n1nc(C(C)(C)C)cc1NC(=O)CN(CC(C)C)C(=O)c1cccc(C(F)(F)F)c1. The zero-order chi connectivity index (χ0) is 27.5. The Labute approximate surface area is 215 Å². The third-order valence-corrected chi connectivity index (χ3v) is 5.73. The van der Waals surface area contributed by atoms with Gasteiger partial charge >= 0.3 is 6.18 Å². The van der Waals surface area contributed by atoms with Crippen LogP contribution < -0.4 is 5.32 Å². The molecule has 0 aliphatic rings. The smallest absolute Gasteiger partial charge is 0.329 e. The Morgan fingerprint density at radius 2 is 1.70 bits per heavy atom. The summed E-state index contributed by atoms with van der Waals surface area (Å²) >= 11 is 0. The van der Waals surface area contributed by atoms with E-state index in [1.165, 1.54) is 17.0 Å². The molecule has 0 saturated carbocycles. The minimum atomic E-state index is -4.57. The first-order valence-corrected chi connectivity index (χ1v) is 12.1. The normalized spacial score (nSPS) is 12.1. The van der Waals surface area contributed by atoms with Gasteiger partial charge in [-0.3, -0.25) is 9.59 Å². The van der Waals surface area contributed by atoms with E-state index in [0.29, 0.717) is 5.82 Å². The number of amides is 2. The molecule has 1 N–H and O–H groups in total. The van der Waals surface area contributed by atoms with Gasteiger partial charge in [-0.2, -0.15) is 18.3 Å². The van der Waals surface area contributed by atoms with Crippen molar-refractivity contribution in [2.45, 2.75) is 53.1 Å². The molecule has 0 saturated heterocycles. The van der Waals surface area contributed by atoms with Gasteiger partial charge in [0.1, 0.15) is 12.4 Å². The van der Waals surface area contributed by atoms with Crippen LogP contribution in [0.2, 0.25) is 0 Å². The Bertz CT molecular complexity index is 1270. The van der Waals surface area contributed by atoms with Crippen molar-refractivity contribution in [2.75, 3.05) is 18.4 Å². The molecule has 1 heterocycles. The number of benzene rings is 2. The minimum absolute atomic E-state index is 0.00691. The number of para-hydroxylation sites is 1. The van der Waals surface area contributed by atoms with Crippen LogP contribution in [-0.4, -0.2) is 39.6 Å². The van der Waals surface area contributed by atoms with E-state index in [9.17, 15) is 22.8 Å². The first-order valence-electron chi connectivity index (χ1n) is 12.1. The first-order chi connectivity index (χ1) is 17.2. The van der Waals surface area contributed by atoms with Crippen LogP contribution in [-0.2, 0) is 16.4 Å². The molecule has 0 spiro atoms. The number of aryl methyl sites for hydroxylation is 1. The molecule has 0 aliphatic heterocycles. The van der Waals surface area contributed by atoms with Gasteiger partial charge in [-0.25, -0.2) is 4.68 Å². The number of alkyl halides is 3. The van der Waals surface area contributed by atoms with E-state index >= 15 is 0 Å². The molecule has 9 heteroatoms. The summed E-state index contributed by atoms with van der Waals surface area (Å²) < 4.78 is 41.2. The second kappa shape index (κ2) is 10.8. The fourth-order valence-corrected chi connectivity index (χ4v) is 3.85. The molecule has 3 aromatic rings. The molecule has 6 nitrogen and oxygen atoms in total. The van der Waals surface area contributed by atoms with Crippen LogP contribution >= 0.6 is 0 Å². The van der Waals surface area contributed by atoms with Crippen LogP contribution in [0, 0.1) is 12.8 Å². The molecular formula is C28H33F3N4O2. The Hall–Kier alpha value is -3.62. The predicted octanol–water partition coefficient (Wildman–Crippen LogP) is 6.23. The highest BCUT2D eigenvalue weighted by Gasteiger charge is 2.32. The number of rotatable bonds is 7. The van der Waals surface area contributed by atoms with Gasteiger partial charge in [-0.15, -0.1) is 0 Å². The number of aromatic nitrogens is 2. The number of carbonyl (C=O) groups is 2. The molecule has 0 bridgehead atoms. The second-order valence-corrected chi connectivity index (χ2v) is 10.6. The maximum Gasteiger partial charge on any atom is 0.416 e. The van der Waals surface area contributed by atoms with Gasteiger partial charge in [0, 0.05) is 23.6 Å². The molecule has 3 rings (SSSR count). The van der Waals surface area contributed by atoms with Crippen molar-refractivity contribution >= 4 is 17.6 Å². The lowest BCUT2D eigenvalue weighted by molar-refractivity contribution is -0.137. The molecule has 37 heavy (non-hydrogen) atoms. The standard InChI is InChI=1S/C28H33F3N4O2/c1-18(2)16-34(26(37)20-11-9-12-21(14-20)28(29,30)31)17-25(36)32-24-15-23(27(4,5)6)33-35(24)22-13-8-7-10-19(22)3/h7-15,18H,16-17H2,1-6H3,(H,32,36). The quantitative estimate of drug-likeness (QED) is 0.406. The van der Waals surface area contributed by atoms with Crippen molar-refractivity contribution < 1.29 is 22.8 Å². The topological polar surface area (TPSA) is 67.2 Å². The summed E-state index contributed by atoms with van der Waals surface area (Å²) in [7, 11) is 0. The van der Waals surface area contributed by atoms with Crippen molar-refractivity contribution in [3.63, 3.8) is 0 Å². The van der Waals surface area contributed by atoms with Crippen LogP contribution in [0.5, 0.6) is 0 Å². The number of carbonyl (C=O) groups excluding carboxylic acids is 2. The van der Waals surface area contributed by atoms with Crippen LogP contribution in [0.4, 0.5) is 19.0 Å². The summed E-state index contributed by atoms with van der Waals surface area (Å²) in [6.45, 7) is 11.6. The summed E-state index contributed by atoms with van der Waals surface area (Å²) in [6, 6.07) is 13.7. The molecule has 2 aromatic carbocycles. The van der Waals surface area contributed by atoms with Crippen LogP contribution in [0.15, 0.2) is 54.6 Å². The van der Waals surface area contributed by atoms with E-state index in [2.05, 4.69) is 5.32 Å². The van der Waals surface area contributed by atoms with Crippen molar-refractivity contribution in [2.24, 2.45) is 5.92 Å². The molecule has 1 aromatic heterocycles. The Kier molecular flexibility index (Phi) is 8.15. The number of nitrogens with zero attached hydrogens (tertiary/aromatic N) is 3. The summed E-state index contributed by atoms with van der Waals surface area (Å²) in [5.41, 5.74) is 1.21. The van der Waals surface area contributed by atoms with Crippen molar-refractivity contribution in [3.05, 3.63) is 77.0 Å². The Morgan fingerprint density at radius 3 is 2.30 bits per heavy atom. The number of anilines is 1. The highest BCUT2D eigenvalue weighted by Crippen LogP contribution is 2.30. The number of hydrogen-bond donors (Lipinski definition) is 1.